The molecule has 1 heterocycles. The van der Waals surface area contributed by atoms with Crippen molar-refractivity contribution in [1.82, 2.24) is 0 Å². The van der Waals surface area contributed by atoms with Gasteiger partial charge in [-0.15, -0.1) is 5.11 Å². The molecule has 0 saturated carbocycles. The average molecular weight is 418 g/mol. The summed E-state index contributed by atoms with van der Waals surface area (Å²) in [5.41, 5.74) is 8.37. The molecule has 0 spiro atoms. The molecule has 3 heteroatoms. The summed E-state index contributed by atoms with van der Waals surface area (Å²) >= 11 is 0. The number of aliphatic imine (C=N–C) groups is 1. The van der Waals surface area contributed by atoms with Gasteiger partial charge in [0.05, 0.1) is 0 Å². The molecule has 1 atom stereocenters. The molecule has 1 unspecified atom stereocenters. The molecule has 4 rings (SSSR count). The molecule has 0 bridgehead atoms. The number of azo groups is 1. The van der Waals surface area contributed by atoms with E-state index in [-0.39, 0.29) is 6.17 Å². The summed E-state index contributed by atoms with van der Waals surface area (Å²) in [6.45, 7) is 8.25. The van der Waals surface area contributed by atoms with E-state index in [4.69, 9.17) is 0 Å². The van der Waals surface area contributed by atoms with Crippen molar-refractivity contribution >= 4 is 5.84 Å². The lowest BCUT2D eigenvalue weighted by atomic mass is 9.94. The van der Waals surface area contributed by atoms with Crippen molar-refractivity contribution in [3.63, 3.8) is 0 Å². The van der Waals surface area contributed by atoms with Crippen LogP contribution in [0, 0.1) is 13.8 Å². The van der Waals surface area contributed by atoms with Gasteiger partial charge in [-0.1, -0.05) is 104 Å². The summed E-state index contributed by atoms with van der Waals surface area (Å²) in [4.78, 5) is 4.63. The number of hydrogen-bond donors (Lipinski definition) is 0. The molecule has 0 aromatic heterocycles. The molecule has 3 aromatic rings. The summed E-state index contributed by atoms with van der Waals surface area (Å²) in [5.74, 6) is 0.622. The van der Waals surface area contributed by atoms with Crippen LogP contribution in [-0.2, 0) is 6.42 Å². The lowest BCUT2D eigenvalue weighted by Crippen LogP contribution is -1.94. The zero-order chi connectivity index (χ0) is 22.3. The monoisotopic (exact) mass is 417 g/mol. The Kier molecular flexibility index (Phi) is 6.66. The first kappa shape index (κ1) is 21.4. The second kappa shape index (κ2) is 9.97. The van der Waals surface area contributed by atoms with E-state index < -0.39 is 0 Å². The number of rotatable bonds is 7. The molecule has 158 valence electrons. The molecular weight excluding hydrogens is 390 g/mol. The fourth-order valence-electron chi connectivity index (χ4n) is 3.82. The molecular formula is C29H27N3. The third-order valence-corrected chi connectivity index (χ3v) is 5.57. The van der Waals surface area contributed by atoms with Crippen LogP contribution in [0.25, 0.3) is 11.1 Å². The van der Waals surface area contributed by atoms with Crippen molar-refractivity contribution in [1.29, 1.82) is 0 Å². The Hall–Kier alpha value is -3.85. The molecule has 3 aromatic carbocycles. The number of benzene rings is 3. The Bertz CT molecular complexity index is 1230. The Balaban J connectivity index is 1.43. The van der Waals surface area contributed by atoms with E-state index >= 15 is 0 Å². The van der Waals surface area contributed by atoms with Crippen LogP contribution >= 0.6 is 0 Å². The van der Waals surface area contributed by atoms with Crippen LogP contribution in [0.3, 0.4) is 0 Å². The first-order valence-electron chi connectivity index (χ1n) is 10.8. The van der Waals surface area contributed by atoms with E-state index in [1.54, 1.807) is 6.08 Å². The summed E-state index contributed by atoms with van der Waals surface area (Å²) in [5, 5.41) is 8.55. The summed E-state index contributed by atoms with van der Waals surface area (Å²) in [7, 11) is 0. The molecule has 0 amide bonds. The highest BCUT2D eigenvalue weighted by Gasteiger charge is 2.17. The summed E-state index contributed by atoms with van der Waals surface area (Å²) in [6, 6.07) is 25.2. The van der Waals surface area contributed by atoms with Crippen LogP contribution in [0.4, 0.5) is 0 Å². The molecule has 0 saturated heterocycles. The maximum atomic E-state index is 4.63. The quantitative estimate of drug-likeness (QED) is 0.353. The molecule has 1 aliphatic rings. The SMILES string of the molecule is C=C/C(=C\C=C/Cc1ccc(-c2ccccc2C)c(C)c1)C1=NC(c2ccccc2)N=N1. The van der Waals surface area contributed by atoms with Gasteiger partial charge in [0.25, 0.3) is 0 Å². The maximum Gasteiger partial charge on any atom is 0.188 e. The van der Waals surface area contributed by atoms with Crippen LogP contribution in [0.15, 0.2) is 124 Å². The second-order valence-corrected chi connectivity index (χ2v) is 7.88. The fraction of sp³-hybridized carbons (Fsp3) is 0.138. The minimum Gasteiger partial charge on any atom is -0.231 e. The molecule has 0 fully saturated rings. The molecule has 0 aliphatic carbocycles. The molecule has 0 radical (unpaired) electrons. The average Bonchev–Trinajstić information content (AvgIpc) is 3.31. The van der Waals surface area contributed by atoms with Gasteiger partial charge in [0.1, 0.15) is 0 Å². The third kappa shape index (κ3) is 4.89. The standard InChI is InChI=1S/C29H27N3/c1-4-24(28-30-29(32-31-28)25-15-6-5-7-16-25)14-10-9-13-23-18-19-27(22(3)20-23)26-17-11-8-12-21(26)2/h4-12,14-20,29H,1,13H2,2-3H3/b10-9-,24-14+. The normalized spacial score (nSPS) is 15.9. The van der Waals surface area contributed by atoms with Crippen molar-refractivity contribution < 1.29 is 0 Å². The van der Waals surface area contributed by atoms with Gasteiger partial charge in [-0.25, -0.2) is 4.99 Å². The van der Waals surface area contributed by atoms with Crippen molar-refractivity contribution in [2.24, 2.45) is 15.2 Å². The van der Waals surface area contributed by atoms with Crippen LogP contribution in [0.1, 0.15) is 28.4 Å². The highest BCUT2D eigenvalue weighted by Crippen LogP contribution is 2.28. The van der Waals surface area contributed by atoms with E-state index in [1.807, 2.05) is 42.5 Å². The Morgan fingerprint density at radius 1 is 0.906 bits per heavy atom. The van der Waals surface area contributed by atoms with Crippen LogP contribution in [-0.4, -0.2) is 5.84 Å². The molecule has 1 aliphatic heterocycles. The van der Waals surface area contributed by atoms with E-state index in [1.165, 1.54) is 27.8 Å². The predicted octanol–water partition coefficient (Wildman–Crippen LogP) is 7.74. The van der Waals surface area contributed by atoms with Crippen molar-refractivity contribution in [2.45, 2.75) is 26.4 Å². The van der Waals surface area contributed by atoms with Crippen LogP contribution in [0.5, 0.6) is 0 Å². The van der Waals surface area contributed by atoms with Gasteiger partial charge in [0, 0.05) is 11.1 Å². The summed E-state index contributed by atoms with van der Waals surface area (Å²) in [6.07, 6.45) is 8.54. The minimum absolute atomic E-state index is 0.270. The van der Waals surface area contributed by atoms with Gasteiger partial charge in [0.2, 0.25) is 0 Å². The molecule has 3 nitrogen and oxygen atoms in total. The van der Waals surface area contributed by atoms with Crippen molar-refractivity contribution in [3.05, 3.63) is 132 Å². The first-order valence-corrected chi connectivity index (χ1v) is 10.8. The Morgan fingerprint density at radius 2 is 1.66 bits per heavy atom. The lowest BCUT2D eigenvalue weighted by Gasteiger charge is -2.10. The predicted molar refractivity (Wildman–Crippen MR) is 134 cm³/mol. The maximum absolute atomic E-state index is 4.63. The zero-order valence-corrected chi connectivity index (χ0v) is 18.6. The number of nitrogens with zero attached hydrogens (tertiary/aromatic N) is 3. The van der Waals surface area contributed by atoms with Crippen LogP contribution in [0.2, 0.25) is 0 Å². The smallest absolute Gasteiger partial charge is 0.188 e. The van der Waals surface area contributed by atoms with Gasteiger partial charge in [-0.2, -0.15) is 5.11 Å². The first-order chi connectivity index (χ1) is 15.7. The van der Waals surface area contributed by atoms with Crippen molar-refractivity contribution in [2.75, 3.05) is 0 Å². The van der Waals surface area contributed by atoms with Crippen LogP contribution < -0.4 is 0 Å². The Morgan fingerprint density at radius 3 is 2.41 bits per heavy atom. The number of amidine groups is 1. The molecule has 0 N–H and O–H groups in total. The summed E-state index contributed by atoms with van der Waals surface area (Å²) < 4.78 is 0. The number of allylic oxidation sites excluding steroid dienone is 3. The van der Waals surface area contributed by atoms with Gasteiger partial charge >= 0.3 is 0 Å². The highest BCUT2D eigenvalue weighted by molar-refractivity contribution is 6.02. The lowest BCUT2D eigenvalue weighted by molar-refractivity contribution is 0.772. The number of aryl methyl sites for hydroxylation is 2. The van der Waals surface area contributed by atoms with Gasteiger partial charge in [-0.3, -0.25) is 0 Å². The van der Waals surface area contributed by atoms with Gasteiger partial charge in [0.15, 0.2) is 12.0 Å². The Labute approximate surface area is 190 Å². The fourth-order valence-corrected chi connectivity index (χ4v) is 3.82. The van der Waals surface area contributed by atoms with Gasteiger partial charge < -0.3 is 0 Å². The topological polar surface area (TPSA) is 37.1 Å². The second-order valence-electron chi connectivity index (χ2n) is 7.88. The third-order valence-electron chi connectivity index (χ3n) is 5.57. The van der Waals surface area contributed by atoms with E-state index in [0.717, 1.165) is 17.6 Å². The highest BCUT2D eigenvalue weighted by atomic mass is 15.3. The van der Waals surface area contributed by atoms with E-state index in [9.17, 15) is 0 Å². The molecule has 32 heavy (non-hydrogen) atoms. The largest absolute Gasteiger partial charge is 0.231 e. The van der Waals surface area contributed by atoms with E-state index in [0.29, 0.717) is 5.84 Å². The zero-order valence-electron chi connectivity index (χ0n) is 18.6. The minimum atomic E-state index is -0.270. The van der Waals surface area contributed by atoms with Gasteiger partial charge in [-0.05, 0) is 48.1 Å². The van der Waals surface area contributed by atoms with Crippen molar-refractivity contribution in [3.8, 4) is 11.1 Å². The van der Waals surface area contributed by atoms with E-state index in [2.05, 4.69) is 84.2 Å². The number of hydrogen-bond acceptors (Lipinski definition) is 3.